The maximum Gasteiger partial charge on any atom is 0.175 e. The highest BCUT2D eigenvalue weighted by atomic mass is 32.2. The van der Waals surface area contributed by atoms with Crippen LogP contribution < -0.4 is 10.1 Å². The van der Waals surface area contributed by atoms with E-state index in [0.29, 0.717) is 17.9 Å². The molecule has 0 heterocycles. The van der Waals surface area contributed by atoms with E-state index in [2.05, 4.69) is 36.5 Å². The van der Waals surface area contributed by atoms with Crippen molar-refractivity contribution in [3.05, 3.63) is 89.0 Å². The van der Waals surface area contributed by atoms with Crippen molar-refractivity contribution in [2.24, 2.45) is 0 Å². The summed E-state index contributed by atoms with van der Waals surface area (Å²) in [5.74, 6) is 0.651. The number of aliphatic hydroxyl groups excluding tert-OH is 1. The molecular weight excluding hydrogens is 410 g/mol. The first-order valence-electron chi connectivity index (χ1n) is 10.4. The average molecular weight is 440 g/mol. The molecule has 0 saturated carbocycles. The smallest absolute Gasteiger partial charge is 0.175 e. The Morgan fingerprint density at radius 3 is 2.32 bits per heavy atom. The fourth-order valence-corrected chi connectivity index (χ4v) is 4.16. The van der Waals surface area contributed by atoms with Crippen molar-refractivity contribution in [3.63, 3.8) is 0 Å². The lowest BCUT2D eigenvalue weighted by Crippen LogP contribution is -2.13. The third-order valence-electron chi connectivity index (χ3n) is 5.18. The normalized spacial score (nSPS) is 12.4. The predicted octanol–water partition coefficient (Wildman–Crippen LogP) is 4.75. The summed E-state index contributed by atoms with van der Waals surface area (Å²) in [5, 5.41) is 13.3. The molecule has 1 atom stereocenters. The van der Waals surface area contributed by atoms with Gasteiger partial charge in [-0.1, -0.05) is 43.3 Å². The Morgan fingerprint density at radius 1 is 0.968 bits per heavy atom. The van der Waals surface area contributed by atoms with E-state index in [1.807, 2.05) is 31.2 Å². The van der Waals surface area contributed by atoms with E-state index in [0.717, 1.165) is 23.2 Å². The van der Waals surface area contributed by atoms with Crippen molar-refractivity contribution in [2.75, 3.05) is 18.2 Å². The van der Waals surface area contributed by atoms with Crippen LogP contribution in [-0.2, 0) is 22.9 Å². The molecule has 1 unspecified atom stereocenters. The molecule has 5 nitrogen and oxygen atoms in total. The molecular formula is C25H29NO4S. The summed E-state index contributed by atoms with van der Waals surface area (Å²) in [4.78, 5) is 0.282. The molecule has 2 N–H and O–H groups in total. The van der Waals surface area contributed by atoms with Crippen molar-refractivity contribution >= 4 is 15.5 Å². The number of aryl methyl sites for hydroxylation is 1. The molecule has 0 bridgehead atoms. The van der Waals surface area contributed by atoms with E-state index < -0.39 is 9.84 Å². The Morgan fingerprint density at radius 2 is 1.71 bits per heavy atom. The third-order valence-corrected chi connectivity index (χ3v) is 6.29. The molecule has 0 spiro atoms. The van der Waals surface area contributed by atoms with Crippen molar-refractivity contribution in [3.8, 4) is 5.75 Å². The first kappa shape index (κ1) is 22.8. The van der Waals surface area contributed by atoms with Gasteiger partial charge in [-0.25, -0.2) is 8.42 Å². The largest absolute Gasteiger partial charge is 0.494 e. The Labute approximate surface area is 184 Å². The fraction of sp³-hybridized carbons (Fsp3) is 0.280. The van der Waals surface area contributed by atoms with Gasteiger partial charge in [0.05, 0.1) is 24.2 Å². The molecule has 0 saturated heterocycles. The van der Waals surface area contributed by atoms with Crippen LogP contribution >= 0.6 is 0 Å². The van der Waals surface area contributed by atoms with Crippen LogP contribution in [0.15, 0.2) is 71.6 Å². The third kappa shape index (κ3) is 5.66. The van der Waals surface area contributed by atoms with Gasteiger partial charge in [0.15, 0.2) is 9.84 Å². The molecule has 3 aromatic rings. The summed E-state index contributed by atoms with van der Waals surface area (Å²) in [7, 11) is -3.32. The quantitative estimate of drug-likeness (QED) is 0.503. The van der Waals surface area contributed by atoms with Gasteiger partial charge in [0.25, 0.3) is 0 Å². The average Bonchev–Trinajstić information content (AvgIpc) is 2.78. The van der Waals surface area contributed by atoms with E-state index >= 15 is 0 Å². The van der Waals surface area contributed by atoms with Gasteiger partial charge < -0.3 is 15.2 Å². The molecule has 3 aromatic carbocycles. The Bertz CT molecular complexity index is 1120. The zero-order valence-electron chi connectivity index (χ0n) is 18.1. The molecule has 6 heteroatoms. The number of aliphatic hydroxyl groups is 1. The van der Waals surface area contributed by atoms with Gasteiger partial charge in [-0.15, -0.1) is 0 Å². The van der Waals surface area contributed by atoms with Crippen LogP contribution in [0.4, 0.5) is 5.69 Å². The highest BCUT2D eigenvalue weighted by molar-refractivity contribution is 7.90. The minimum Gasteiger partial charge on any atom is -0.494 e. The monoisotopic (exact) mass is 439 g/mol. The molecule has 0 radical (unpaired) electrons. The number of hydrogen-bond donors (Lipinski definition) is 2. The van der Waals surface area contributed by atoms with Crippen molar-refractivity contribution in [1.29, 1.82) is 0 Å². The lowest BCUT2D eigenvalue weighted by atomic mass is 9.96. The number of benzene rings is 3. The van der Waals surface area contributed by atoms with Gasteiger partial charge in [-0.05, 0) is 60.4 Å². The van der Waals surface area contributed by atoms with Crippen molar-refractivity contribution in [1.82, 2.24) is 0 Å². The maximum atomic E-state index is 12.1. The minimum atomic E-state index is -3.32. The summed E-state index contributed by atoms with van der Waals surface area (Å²) in [6.07, 6.45) is 2.16. The molecule has 0 aromatic heterocycles. The zero-order valence-corrected chi connectivity index (χ0v) is 18.9. The first-order valence-corrected chi connectivity index (χ1v) is 12.3. The van der Waals surface area contributed by atoms with Crippen molar-refractivity contribution in [2.45, 2.75) is 37.8 Å². The number of nitrogens with one attached hydrogen (secondary N) is 1. The summed E-state index contributed by atoms with van der Waals surface area (Å²) < 4.78 is 29.8. The number of rotatable bonds is 9. The van der Waals surface area contributed by atoms with Gasteiger partial charge in [0.2, 0.25) is 0 Å². The lowest BCUT2D eigenvalue weighted by molar-refractivity contribution is 0.267. The van der Waals surface area contributed by atoms with Gasteiger partial charge in [0, 0.05) is 17.5 Å². The molecule has 31 heavy (non-hydrogen) atoms. The van der Waals surface area contributed by atoms with Crippen LogP contribution in [0, 0.1) is 0 Å². The molecule has 164 valence electrons. The van der Waals surface area contributed by atoms with E-state index in [1.54, 1.807) is 18.2 Å². The molecule has 0 aliphatic heterocycles. The van der Waals surface area contributed by atoms with Crippen LogP contribution in [0.3, 0.4) is 0 Å². The zero-order chi connectivity index (χ0) is 22.4. The van der Waals surface area contributed by atoms with E-state index in [-0.39, 0.29) is 17.5 Å². The maximum absolute atomic E-state index is 12.1. The summed E-state index contributed by atoms with van der Waals surface area (Å²) in [5.41, 5.74) is 4.59. The van der Waals surface area contributed by atoms with Crippen LogP contribution in [0.1, 0.15) is 42.1 Å². The SMILES string of the molecule is CCOc1ccc(NC(c2ccc(CC)cc2)c2cccc(S(C)(=O)=O)c2)cc1CO. The molecule has 0 amide bonds. The second-order valence-corrected chi connectivity index (χ2v) is 9.45. The molecule has 0 aliphatic rings. The predicted molar refractivity (Wildman–Crippen MR) is 124 cm³/mol. The van der Waals surface area contributed by atoms with Gasteiger partial charge in [-0.2, -0.15) is 0 Å². The number of hydrogen-bond acceptors (Lipinski definition) is 5. The van der Waals surface area contributed by atoms with Crippen LogP contribution in [0.5, 0.6) is 5.75 Å². The molecule has 0 fully saturated rings. The Balaban J connectivity index is 2.04. The summed E-state index contributed by atoms with van der Waals surface area (Å²) in [6.45, 7) is 4.39. The summed E-state index contributed by atoms with van der Waals surface area (Å²) in [6, 6.07) is 20.6. The van der Waals surface area contributed by atoms with Crippen LogP contribution in [0.2, 0.25) is 0 Å². The number of ether oxygens (including phenoxy) is 1. The van der Waals surface area contributed by atoms with Crippen molar-refractivity contribution < 1.29 is 18.3 Å². The van der Waals surface area contributed by atoms with Crippen LogP contribution in [-0.4, -0.2) is 26.4 Å². The topological polar surface area (TPSA) is 75.6 Å². The number of sulfone groups is 1. The Hall–Kier alpha value is -2.83. The van der Waals surface area contributed by atoms with Gasteiger partial charge in [-0.3, -0.25) is 0 Å². The molecule has 0 aliphatic carbocycles. The highest BCUT2D eigenvalue weighted by Crippen LogP contribution is 2.31. The van der Waals surface area contributed by atoms with E-state index in [1.165, 1.54) is 11.8 Å². The Kier molecular flexibility index (Phi) is 7.36. The second-order valence-electron chi connectivity index (χ2n) is 7.43. The van der Waals surface area contributed by atoms with E-state index in [4.69, 9.17) is 4.74 Å². The fourth-order valence-electron chi connectivity index (χ4n) is 3.49. The standard InChI is InChI=1S/C25H29NO4S/c1-4-18-9-11-19(12-10-18)25(20-7-6-8-23(16-20)31(3,28)29)26-22-13-14-24(30-5-2)21(15-22)17-27/h6-16,25-27H,4-5,17H2,1-3H3. The first-order chi connectivity index (χ1) is 14.9. The van der Waals surface area contributed by atoms with E-state index in [9.17, 15) is 13.5 Å². The summed E-state index contributed by atoms with van der Waals surface area (Å²) >= 11 is 0. The number of anilines is 1. The lowest BCUT2D eigenvalue weighted by Gasteiger charge is -2.23. The molecule has 3 rings (SSSR count). The van der Waals surface area contributed by atoms with Crippen LogP contribution in [0.25, 0.3) is 0 Å². The van der Waals surface area contributed by atoms with Gasteiger partial charge >= 0.3 is 0 Å². The second kappa shape index (κ2) is 9.98. The minimum absolute atomic E-state index is 0.135. The highest BCUT2D eigenvalue weighted by Gasteiger charge is 2.18. The van der Waals surface area contributed by atoms with Gasteiger partial charge in [0.1, 0.15) is 5.75 Å².